The molecule has 3 nitrogen and oxygen atoms in total. The van der Waals surface area contributed by atoms with Gasteiger partial charge in [0.15, 0.2) is 0 Å². The molecular weight excluding hydrogens is 236 g/mol. The summed E-state index contributed by atoms with van der Waals surface area (Å²) in [5.74, 6) is -0.231. The first-order chi connectivity index (χ1) is 8.16. The Balaban J connectivity index is 2.20. The van der Waals surface area contributed by atoms with Crippen molar-refractivity contribution >= 4 is 28.9 Å². The van der Waals surface area contributed by atoms with Gasteiger partial charge in [0.25, 0.3) is 5.91 Å². The minimum atomic E-state index is -0.231. The Morgan fingerprint density at radius 2 is 1.88 bits per heavy atom. The summed E-state index contributed by atoms with van der Waals surface area (Å²) in [7, 11) is 0. The van der Waals surface area contributed by atoms with Crippen LogP contribution in [0.15, 0.2) is 48.5 Å². The molecule has 0 unspecified atom stereocenters. The third-order valence-electron chi connectivity index (χ3n) is 2.27. The average Bonchev–Trinajstić information content (AvgIpc) is 2.32. The van der Waals surface area contributed by atoms with Crippen LogP contribution in [0.3, 0.4) is 0 Å². The van der Waals surface area contributed by atoms with E-state index in [0.29, 0.717) is 22.0 Å². The van der Waals surface area contributed by atoms with Gasteiger partial charge in [-0.2, -0.15) is 0 Å². The molecule has 4 heteroatoms. The number of hydrogen-bond donors (Lipinski definition) is 2. The normalized spacial score (nSPS) is 9.94. The van der Waals surface area contributed by atoms with Crippen molar-refractivity contribution in [2.75, 3.05) is 11.1 Å². The largest absolute Gasteiger partial charge is 0.399 e. The SMILES string of the molecule is Nc1cccc(C(=O)Nc2ccccc2Cl)c1. The van der Waals surface area contributed by atoms with Gasteiger partial charge in [-0.05, 0) is 30.3 Å². The molecule has 0 aromatic heterocycles. The number of halogens is 1. The van der Waals surface area contributed by atoms with E-state index in [0.717, 1.165) is 0 Å². The van der Waals surface area contributed by atoms with Gasteiger partial charge in [-0.1, -0.05) is 29.8 Å². The fourth-order valence-corrected chi connectivity index (χ4v) is 1.62. The third kappa shape index (κ3) is 2.77. The van der Waals surface area contributed by atoms with Crippen LogP contribution in [0.1, 0.15) is 10.4 Å². The number of benzene rings is 2. The average molecular weight is 247 g/mol. The molecule has 1 amide bonds. The van der Waals surface area contributed by atoms with E-state index in [4.69, 9.17) is 17.3 Å². The Labute approximate surface area is 104 Å². The third-order valence-corrected chi connectivity index (χ3v) is 2.60. The molecule has 0 saturated heterocycles. The number of para-hydroxylation sites is 1. The second-order valence-corrected chi connectivity index (χ2v) is 3.97. The fraction of sp³-hybridized carbons (Fsp3) is 0. The van der Waals surface area contributed by atoms with Gasteiger partial charge in [0.2, 0.25) is 0 Å². The van der Waals surface area contributed by atoms with Crippen molar-refractivity contribution < 1.29 is 4.79 Å². The van der Waals surface area contributed by atoms with Gasteiger partial charge in [0.1, 0.15) is 0 Å². The number of nitrogen functional groups attached to an aromatic ring is 1. The van der Waals surface area contributed by atoms with Crippen LogP contribution < -0.4 is 11.1 Å². The van der Waals surface area contributed by atoms with Crippen molar-refractivity contribution in [2.24, 2.45) is 0 Å². The smallest absolute Gasteiger partial charge is 0.255 e. The molecule has 0 radical (unpaired) electrons. The van der Waals surface area contributed by atoms with Gasteiger partial charge >= 0.3 is 0 Å². The van der Waals surface area contributed by atoms with E-state index in [2.05, 4.69) is 5.32 Å². The summed E-state index contributed by atoms with van der Waals surface area (Å²) in [6, 6.07) is 13.8. The van der Waals surface area contributed by atoms with Gasteiger partial charge in [0, 0.05) is 11.3 Å². The zero-order chi connectivity index (χ0) is 12.3. The summed E-state index contributed by atoms with van der Waals surface area (Å²) < 4.78 is 0. The highest BCUT2D eigenvalue weighted by atomic mass is 35.5. The Kier molecular flexibility index (Phi) is 3.30. The van der Waals surface area contributed by atoms with Crippen molar-refractivity contribution in [3.63, 3.8) is 0 Å². The lowest BCUT2D eigenvalue weighted by Crippen LogP contribution is -2.12. The van der Waals surface area contributed by atoms with Gasteiger partial charge in [-0.15, -0.1) is 0 Å². The quantitative estimate of drug-likeness (QED) is 0.800. The van der Waals surface area contributed by atoms with Crippen LogP contribution in [-0.4, -0.2) is 5.91 Å². The summed E-state index contributed by atoms with van der Waals surface area (Å²) in [4.78, 5) is 11.9. The number of nitrogens with one attached hydrogen (secondary N) is 1. The Hall–Kier alpha value is -2.00. The predicted molar refractivity (Wildman–Crippen MR) is 70.3 cm³/mol. The molecule has 2 rings (SSSR count). The van der Waals surface area contributed by atoms with E-state index in [1.807, 2.05) is 0 Å². The van der Waals surface area contributed by atoms with Crippen molar-refractivity contribution in [2.45, 2.75) is 0 Å². The minimum absolute atomic E-state index is 0.231. The Morgan fingerprint density at radius 3 is 2.59 bits per heavy atom. The summed E-state index contributed by atoms with van der Waals surface area (Å²) in [5, 5.41) is 3.23. The number of hydrogen-bond acceptors (Lipinski definition) is 2. The van der Waals surface area contributed by atoms with Crippen LogP contribution in [0.4, 0.5) is 11.4 Å². The molecule has 0 saturated carbocycles. The highest BCUT2D eigenvalue weighted by molar-refractivity contribution is 6.33. The topological polar surface area (TPSA) is 55.1 Å². The van der Waals surface area contributed by atoms with E-state index >= 15 is 0 Å². The van der Waals surface area contributed by atoms with Crippen LogP contribution in [-0.2, 0) is 0 Å². The highest BCUT2D eigenvalue weighted by Gasteiger charge is 2.07. The van der Waals surface area contributed by atoms with Crippen molar-refractivity contribution in [3.8, 4) is 0 Å². The van der Waals surface area contributed by atoms with Gasteiger partial charge in [0.05, 0.1) is 10.7 Å². The first-order valence-corrected chi connectivity index (χ1v) is 5.46. The summed E-state index contributed by atoms with van der Waals surface area (Å²) in [5.41, 5.74) is 7.26. The van der Waals surface area contributed by atoms with E-state index < -0.39 is 0 Å². The number of amides is 1. The van der Waals surface area contributed by atoms with E-state index in [9.17, 15) is 4.79 Å². The molecule has 0 aliphatic heterocycles. The van der Waals surface area contributed by atoms with Crippen LogP contribution in [0.2, 0.25) is 5.02 Å². The molecule has 0 bridgehead atoms. The molecule has 2 aromatic rings. The first kappa shape index (κ1) is 11.5. The van der Waals surface area contributed by atoms with Crippen LogP contribution in [0.5, 0.6) is 0 Å². The van der Waals surface area contributed by atoms with Crippen molar-refractivity contribution in [3.05, 3.63) is 59.1 Å². The lowest BCUT2D eigenvalue weighted by atomic mass is 10.2. The maximum Gasteiger partial charge on any atom is 0.255 e. The van der Waals surface area contributed by atoms with Crippen LogP contribution in [0, 0.1) is 0 Å². The van der Waals surface area contributed by atoms with Gasteiger partial charge in [-0.3, -0.25) is 4.79 Å². The second-order valence-electron chi connectivity index (χ2n) is 3.56. The molecule has 0 aliphatic carbocycles. The zero-order valence-corrected chi connectivity index (χ0v) is 9.74. The molecule has 0 spiro atoms. The lowest BCUT2D eigenvalue weighted by Gasteiger charge is -2.07. The first-order valence-electron chi connectivity index (χ1n) is 5.08. The second kappa shape index (κ2) is 4.89. The predicted octanol–water partition coefficient (Wildman–Crippen LogP) is 3.17. The minimum Gasteiger partial charge on any atom is -0.399 e. The number of nitrogens with two attached hydrogens (primary N) is 1. The number of anilines is 2. The maximum atomic E-state index is 11.9. The van der Waals surface area contributed by atoms with Crippen molar-refractivity contribution in [1.29, 1.82) is 0 Å². The van der Waals surface area contributed by atoms with E-state index in [1.165, 1.54) is 0 Å². The molecular formula is C13H11ClN2O. The van der Waals surface area contributed by atoms with Crippen LogP contribution in [0.25, 0.3) is 0 Å². The number of rotatable bonds is 2. The monoisotopic (exact) mass is 246 g/mol. The number of carbonyl (C=O) groups excluding carboxylic acids is 1. The molecule has 0 atom stereocenters. The lowest BCUT2D eigenvalue weighted by molar-refractivity contribution is 0.102. The highest BCUT2D eigenvalue weighted by Crippen LogP contribution is 2.21. The van der Waals surface area contributed by atoms with Crippen LogP contribution >= 0.6 is 11.6 Å². The molecule has 2 aromatic carbocycles. The van der Waals surface area contributed by atoms with Gasteiger partial charge in [-0.25, -0.2) is 0 Å². The molecule has 0 fully saturated rings. The Morgan fingerprint density at radius 1 is 1.12 bits per heavy atom. The standard InChI is InChI=1S/C13H11ClN2O/c14-11-6-1-2-7-12(11)16-13(17)9-4-3-5-10(15)8-9/h1-8H,15H2,(H,16,17). The fourth-order valence-electron chi connectivity index (χ4n) is 1.44. The molecule has 3 N–H and O–H groups in total. The van der Waals surface area contributed by atoms with Crippen molar-refractivity contribution in [1.82, 2.24) is 0 Å². The summed E-state index contributed by atoms with van der Waals surface area (Å²) in [6.07, 6.45) is 0. The van der Waals surface area contributed by atoms with Gasteiger partial charge < -0.3 is 11.1 Å². The molecule has 0 aliphatic rings. The molecule has 0 heterocycles. The summed E-state index contributed by atoms with van der Waals surface area (Å²) in [6.45, 7) is 0. The van der Waals surface area contributed by atoms with E-state index in [1.54, 1.807) is 48.5 Å². The zero-order valence-electron chi connectivity index (χ0n) is 8.98. The summed E-state index contributed by atoms with van der Waals surface area (Å²) >= 11 is 5.95. The van der Waals surface area contributed by atoms with E-state index in [-0.39, 0.29) is 5.91 Å². The molecule has 17 heavy (non-hydrogen) atoms. The molecule has 86 valence electrons. The maximum absolute atomic E-state index is 11.9. The Bertz CT molecular complexity index is 555. The number of carbonyl (C=O) groups is 1.